The number of rotatable bonds is 6. The zero-order valence-electron chi connectivity index (χ0n) is 11.0. The molecule has 2 fully saturated rings. The molecule has 2 atom stereocenters. The zero-order valence-corrected chi connectivity index (χ0v) is 11.0. The van der Waals surface area contributed by atoms with Crippen molar-refractivity contribution in [3.8, 4) is 6.07 Å². The highest BCUT2D eigenvalue weighted by atomic mass is 15.2. The molecule has 1 aliphatic heterocycles. The molecule has 2 rings (SSSR count). The first kappa shape index (κ1) is 12.9. The number of hydrogen-bond acceptors (Lipinski definition) is 3. The van der Waals surface area contributed by atoms with E-state index in [2.05, 4.69) is 23.2 Å². The lowest BCUT2D eigenvalue weighted by molar-refractivity contribution is 0.140. The van der Waals surface area contributed by atoms with E-state index in [1.807, 2.05) is 0 Å². The van der Waals surface area contributed by atoms with Crippen LogP contribution in [0.4, 0.5) is 0 Å². The lowest BCUT2D eigenvalue weighted by atomic mass is 9.99. The summed E-state index contributed by atoms with van der Waals surface area (Å²) in [5, 5.41) is 12.5. The van der Waals surface area contributed by atoms with Crippen molar-refractivity contribution in [2.24, 2.45) is 0 Å². The van der Waals surface area contributed by atoms with Crippen LogP contribution in [0.1, 0.15) is 51.9 Å². The van der Waals surface area contributed by atoms with Crippen molar-refractivity contribution in [1.29, 1.82) is 5.26 Å². The van der Waals surface area contributed by atoms with Gasteiger partial charge in [-0.3, -0.25) is 5.32 Å². The highest BCUT2D eigenvalue weighted by Gasteiger charge is 2.26. The Morgan fingerprint density at radius 3 is 2.82 bits per heavy atom. The summed E-state index contributed by atoms with van der Waals surface area (Å²) in [5.74, 6) is 0. The maximum Gasteiger partial charge on any atom is 0.0967 e. The fraction of sp³-hybridized carbons (Fsp3) is 0.929. The topological polar surface area (TPSA) is 39.1 Å². The third kappa shape index (κ3) is 3.97. The van der Waals surface area contributed by atoms with E-state index in [4.69, 9.17) is 5.26 Å². The SMILES string of the molecule is CCC1CCCCN1CCC(C#N)NC1CC1. The number of nitriles is 1. The Morgan fingerprint density at radius 1 is 1.35 bits per heavy atom. The number of nitrogens with one attached hydrogen (secondary N) is 1. The van der Waals surface area contributed by atoms with Crippen LogP contribution in [-0.4, -0.2) is 36.1 Å². The average molecular weight is 235 g/mol. The minimum Gasteiger partial charge on any atom is -0.300 e. The second-order valence-corrected chi connectivity index (χ2v) is 5.51. The maximum atomic E-state index is 9.12. The van der Waals surface area contributed by atoms with Gasteiger partial charge in [-0.25, -0.2) is 0 Å². The molecule has 0 aromatic rings. The van der Waals surface area contributed by atoms with Crippen LogP contribution in [0.25, 0.3) is 0 Å². The van der Waals surface area contributed by atoms with Crippen molar-refractivity contribution in [2.75, 3.05) is 13.1 Å². The molecule has 3 nitrogen and oxygen atoms in total. The van der Waals surface area contributed by atoms with Crippen LogP contribution in [0, 0.1) is 11.3 Å². The van der Waals surface area contributed by atoms with Crippen molar-refractivity contribution >= 4 is 0 Å². The van der Waals surface area contributed by atoms with Crippen LogP contribution in [0.2, 0.25) is 0 Å². The van der Waals surface area contributed by atoms with Gasteiger partial charge < -0.3 is 4.90 Å². The van der Waals surface area contributed by atoms with E-state index in [1.54, 1.807) is 0 Å². The Hall–Kier alpha value is -0.590. The fourth-order valence-corrected chi connectivity index (χ4v) is 2.83. The highest BCUT2D eigenvalue weighted by Crippen LogP contribution is 2.22. The van der Waals surface area contributed by atoms with Crippen LogP contribution >= 0.6 is 0 Å². The Bertz CT molecular complexity index is 267. The second-order valence-electron chi connectivity index (χ2n) is 5.51. The molecule has 0 bridgehead atoms. The van der Waals surface area contributed by atoms with Gasteiger partial charge >= 0.3 is 0 Å². The number of hydrogen-bond donors (Lipinski definition) is 1. The summed E-state index contributed by atoms with van der Waals surface area (Å²) in [6.07, 6.45) is 8.85. The number of nitrogens with zero attached hydrogens (tertiary/aromatic N) is 2. The van der Waals surface area contributed by atoms with Gasteiger partial charge in [0.1, 0.15) is 0 Å². The first-order valence-electron chi connectivity index (χ1n) is 7.23. The molecule has 1 saturated carbocycles. The summed E-state index contributed by atoms with van der Waals surface area (Å²) in [6.45, 7) is 4.61. The van der Waals surface area contributed by atoms with Crippen LogP contribution in [0.15, 0.2) is 0 Å². The van der Waals surface area contributed by atoms with Gasteiger partial charge in [0, 0.05) is 18.6 Å². The summed E-state index contributed by atoms with van der Waals surface area (Å²) in [6, 6.07) is 3.89. The van der Waals surface area contributed by atoms with Gasteiger partial charge in [-0.05, 0) is 45.1 Å². The highest BCUT2D eigenvalue weighted by molar-refractivity contribution is 4.96. The third-order valence-corrected chi connectivity index (χ3v) is 4.10. The molecule has 0 radical (unpaired) electrons. The van der Waals surface area contributed by atoms with Crippen molar-refractivity contribution in [3.05, 3.63) is 0 Å². The summed E-state index contributed by atoms with van der Waals surface area (Å²) < 4.78 is 0. The number of piperidine rings is 1. The van der Waals surface area contributed by atoms with Crippen molar-refractivity contribution in [1.82, 2.24) is 10.2 Å². The monoisotopic (exact) mass is 235 g/mol. The summed E-state index contributed by atoms with van der Waals surface area (Å²) >= 11 is 0. The Labute approximate surface area is 105 Å². The largest absolute Gasteiger partial charge is 0.300 e. The first-order chi connectivity index (χ1) is 8.33. The van der Waals surface area contributed by atoms with Crippen molar-refractivity contribution in [3.63, 3.8) is 0 Å². The van der Waals surface area contributed by atoms with Gasteiger partial charge in [-0.2, -0.15) is 5.26 Å². The van der Waals surface area contributed by atoms with E-state index < -0.39 is 0 Å². The van der Waals surface area contributed by atoms with Gasteiger partial charge in [0.05, 0.1) is 12.1 Å². The molecule has 1 saturated heterocycles. The van der Waals surface area contributed by atoms with Gasteiger partial charge in [0.15, 0.2) is 0 Å². The van der Waals surface area contributed by atoms with Crippen LogP contribution in [-0.2, 0) is 0 Å². The quantitative estimate of drug-likeness (QED) is 0.767. The van der Waals surface area contributed by atoms with E-state index in [0.29, 0.717) is 6.04 Å². The molecule has 1 N–H and O–H groups in total. The van der Waals surface area contributed by atoms with Gasteiger partial charge in [-0.15, -0.1) is 0 Å². The predicted octanol–water partition coefficient (Wildman–Crippen LogP) is 2.29. The molecule has 2 aliphatic rings. The molecule has 3 heteroatoms. The zero-order chi connectivity index (χ0) is 12.1. The van der Waals surface area contributed by atoms with Crippen molar-refractivity contribution < 1.29 is 0 Å². The van der Waals surface area contributed by atoms with Crippen LogP contribution in [0.5, 0.6) is 0 Å². The van der Waals surface area contributed by atoms with E-state index in [0.717, 1.165) is 19.0 Å². The van der Waals surface area contributed by atoms with E-state index >= 15 is 0 Å². The van der Waals surface area contributed by atoms with Crippen molar-refractivity contribution in [2.45, 2.75) is 70.0 Å². The molecule has 17 heavy (non-hydrogen) atoms. The van der Waals surface area contributed by atoms with E-state index in [1.165, 1.54) is 45.1 Å². The maximum absolute atomic E-state index is 9.12. The molecule has 0 amide bonds. The smallest absolute Gasteiger partial charge is 0.0967 e. The summed E-state index contributed by atoms with van der Waals surface area (Å²) in [4.78, 5) is 2.60. The summed E-state index contributed by atoms with van der Waals surface area (Å²) in [5.41, 5.74) is 0. The minimum absolute atomic E-state index is 0.0712. The fourth-order valence-electron chi connectivity index (χ4n) is 2.83. The van der Waals surface area contributed by atoms with E-state index in [-0.39, 0.29) is 6.04 Å². The predicted molar refractivity (Wildman–Crippen MR) is 69.7 cm³/mol. The van der Waals surface area contributed by atoms with Gasteiger partial charge in [-0.1, -0.05) is 13.3 Å². The first-order valence-corrected chi connectivity index (χ1v) is 7.23. The molecule has 1 heterocycles. The van der Waals surface area contributed by atoms with Crippen LogP contribution < -0.4 is 5.32 Å². The van der Waals surface area contributed by atoms with E-state index in [9.17, 15) is 0 Å². The lowest BCUT2D eigenvalue weighted by Gasteiger charge is -2.35. The third-order valence-electron chi connectivity index (χ3n) is 4.10. The normalized spacial score (nSPS) is 27.6. The Balaban J connectivity index is 1.72. The average Bonchev–Trinajstić information content (AvgIpc) is 3.18. The molecule has 0 aromatic heterocycles. The molecule has 0 aromatic carbocycles. The molecule has 2 unspecified atom stereocenters. The van der Waals surface area contributed by atoms with Gasteiger partial charge in [0.2, 0.25) is 0 Å². The second kappa shape index (κ2) is 6.37. The molecule has 96 valence electrons. The summed E-state index contributed by atoms with van der Waals surface area (Å²) in [7, 11) is 0. The lowest BCUT2D eigenvalue weighted by Crippen LogP contribution is -2.42. The molecular weight excluding hydrogens is 210 g/mol. The number of likely N-dealkylation sites (tertiary alicyclic amines) is 1. The molecular formula is C14H25N3. The minimum atomic E-state index is 0.0712. The Morgan fingerprint density at radius 2 is 2.18 bits per heavy atom. The van der Waals surface area contributed by atoms with Gasteiger partial charge in [0.25, 0.3) is 0 Å². The molecule has 0 spiro atoms. The standard InChI is InChI=1S/C14H25N3/c1-2-14-5-3-4-9-17(14)10-8-13(11-15)16-12-6-7-12/h12-14,16H,2-10H2,1H3. The van der Waals surface area contributed by atoms with Crippen LogP contribution in [0.3, 0.4) is 0 Å². The Kier molecular flexibility index (Phi) is 4.82. The molecule has 1 aliphatic carbocycles.